The summed E-state index contributed by atoms with van der Waals surface area (Å²) in [5.41, 5.74) is 0. The molecule has 0 bridgehead atoms. The Balaban J connectivity index is 3.82. The van der Waals surface area contributed by atoms with Gasteiger partial charge in [-0.1, -0.05) is 280 Å². The van der Waals surface area contributed by atoms with Gasteiger partial charge in [-0.25, -0.2) is 0 Å². The smallest absolute Gasteiger partial charge is 0.268 e. The van der Waals surface area contributed by atoms with E-state index < -0.39 is 26.6 Å². The van der Waals surface area contributed by atoms with Crippen LogP contribution in [0.2, 0.25) is 0 Å². The second-order valence-electron chi connectivity index (χ2n) is 22.8. The van der Waals surface area contributed by atoms with Crippen LogP contribution in [-0.4, -0.2) is 68.5 Å². The van der Waals surface area contributed by atoms with Gasteiger partial charge < -0.3 is 28.8 Å². The van der Waals surface area contributed by atoms with Gasteiger partial charge in [-0.15, -0.1) is 0 Å². The highest BCUT2D eigenvalue weighted by molar-refractivity contribution is 7.45. The van der Waals surface area contributed by atoms with Crippen molar-refractivity contribution in [3.8, 4) is 0 Å². The quantitative estimate of drug-likeness (QED) is 0.0272. The molecule has 0 heterocycles. The second kappa shape index (κ2) is 55.9. The fourth-order valence-corrected chi connectivity index (χ4v) is 9.96. The van der Waals surface area contributed by atoms with Gasteiger partial charge in [0.15, 0.2) is 0 Å². The zero-order valence-electron chi connectivity index (χ0n) is 49.5. The summed E-state index contributed by atoms with van der Waals surface area (Å²) in [4.78, 5) is 25.4. The third-order valence-electron chi connectivity index (χ3n) is 14.2. The lowest BCUT2D eigenvalue weighted by Gasteiger charge is -2.29. The molecule has 0 aliphatic heterocycles. The average Bonchev–Trinajstić information content (AvgIpc) is 3.36. The molecule has 0 rings (SSSR count). The molecule has 0 aromatic carbocycles. The van der Waals surface area contributed by atoms with Gasteiger partial charge in [-0.3, -0.25) is 9.36 Å². The van der Waals surface area contributed by atoms with Crippen molar-refractivity contribution in [1.82, 2.24) is 5.32 Å². The molecule has 0 aliphatic rings. The van der Waals surface area contributed by atoms with Crippen LogP contribution in [0.25, 0.3) is 0 Å². The minimum atomic E-state index is -4.60. The highest BCUT2D eigenvalue weighted by Crippen LogP contribution is 2.38. The van der Waals surface area contributed by atoms with E-state index in [9.17, 15) is 19.4 Å². The van der Waals surface area contributed by atoms with E-state index in [2.05, 4.69) is 67.8 Å². The van der Waals surface area contributed by atoms with Crippen LogP contribution >= 0.6 is 7.82 Å². The maximum absolute atomic E-state index is 12.9. The Bertz CT molecular complexity index is 1390. The summed E-state index contributed by atoms with van der Waals surface area (Å²) in [5, 5.41) is 13.8. The molecule has 434 valence electrons. The Morgan fingerprint density at radius 1 is 0.473 bits per heavy atom. The van der Waals surface area contributed by atoms with E-state index >= 15 is 0 Å². The summed E-state index contributed by atoms with van der Waals surface area (Å²) < 4.78 is 23.3. The fraction of sp³-hybridized carbons (Fsp3) is 0.831. The lowest BCUT2D eigenvalue weighted by molar-refractivity contribution is -0.870. The standard InChI is InChI=1S/C65H123N2O6P/c1-6-8-10-12-14-16-18-19-20-21-22-23-24-25-26-27-28-29-30-31-32-33-34-35-36-37-38-39-40-41-42-43-44-45-46-47-49-51-53-55-57-59-65(69)66-63(62-73-74(70,71)72-61-60-67(3,4)5)64(68)58-56-54-52-50-48-17-15-13-11-9-7-2/h18-19,21-22,24-25,48,50,56,58,63-64,68H,6-17,20,23,26-47,49,51-55,57,59-62H2,1-5H3,(H-,66,69,70,71)/b19-18-,22-21-,25-24-,50-48+,58-56+. The number of carbonyl (C=O) groups is 1. The van der Waals surface area contributed by atoms with Gasteiger partial charge in [-0.2, -0.15) is 0 Å². The number of hydrogen-bond acceptors (Lipinski definition) is 6. The molecule has 0 fully saturated rings. The number of phosphoric ester groups is 1. The highest BCUT2D eigenvalue weighted by atomic mass is 31.2. The lowest BCUT2D eigenvalue weighted by Crippen LogP contribution is -2.45. The molecule has 0 aromatic heterocycles. The average molecular weight is 1060 g/mol. The molecule has 0 aromatic rings. The van der Waals surface area contributed by atoms with E-state index in [1.165, 1.54) is 225 Å². The minimum Gasteiger partial charge on any atom is -0.756 e. The molecule has 9 heteroatoms. The Morgan fingerprint density at radius 2 is 0.797 bits per heavy atom. The van der Waals surface area contributed by atoms with E-state index in [-0.39, 0.29) is 12.5 Å². The molecule has 0 spiro atoms. The zero-order valence-corrected chi connectivity index (χ0v) is 50.4. The van der Waals surface area contributed by atoms with Crippen LogP contribution in [0.5, 0.6) is 0 Å². The summed E-state index contributed by atoms with van der Waals surface area (Å²) in [6, 6.07) is -0.901. The molecular formula is C65H123N2O6P. The number of likely N-dealkylation sites (N-methyl/N-ethyl adjacent to an activating group) is 1. The first-order valence-electron chi connectivity index (χ1n) is 31.7. The predicted octanol–water partition coefficient (Wildman–Crippen LogP) is 19.0. The number of aliphatic hydroxyl groups is 1. The van der Waals surface area contributed by atoms with Crippen LogP contribution < -0.4 is 10.2 Å². The van der Waals surface area contributed by atoms with Crippen molar-refractivity contribution in [2.75, 3.05) is 40.9 Å². The molecule has 3 atom stereocenters. The van der Waals surface area contributed by atoms with Crippen LogP contribution in [0, 0.1) is 0 Å². The van der Waals surface area contributed by atoms with Gasteiger partial charge in [0.1, 0.15) is 13.2 Å². The first-order chi connectivity index (χ1) is 36.0. The Labute approximate surface area is 460 Å². The number of nitrogens with zero attached hydrogens (tertiary/aromatic N) is 1. The van der Waals surface area contributed by atoms with Gasteiger partial charge in [-0.05, 0) is 70.6 Å². The lowest BCUT2D eigenvalue weighted by atomic mass is 10.0. The van der Waals surface area contributed by atoms with E-state index in [0.717, 1.165) is 51.4 Å². The normalized spacial score (nSPS) is 14.2. The minimum absolute atomic E-state index is 0.00599. The van der Waals surface area contributed by atoms with Gasteiger partial charge in [0.25, 0.3) is 7.82 Å². The number of aliphatic hydroxyl groups excluding tert-OH is 1. The monoisotopic (exact) mass is 1060 g/mol. The van der Waals surface area contributed by atoms with Gasteiger partial charge in [0.05, 0.1) is 39.9 Å². The van der Waals surface area contributed by atoms with Gasteiger partial charge in [0, 0.05) is 6.42 Å². The Kier molecular flexibility index (Phi) is 54.6. The molecule has 2 N–H and O–H groups in total. The number of hydrogen-bond donors (Lipinski definition) is 2. The van der Waals surface area contributed by atoms with Crippen molar-refractivity contribution in [3.63, 3.8) is 0 Å². The van der Waals surface area contributed by atoms with Crippen molar-refractivity contribution < 1.29 is 32.9 Å². The molecule has 0 saturated heterocycles. The summed E-state index contributed by atoms with van der Waals surface area (Å²) in [6.07, 6.45) is 76.4. The van der Waals surface area contributed by atoms with Crippen molar-refractivity contribution >= 4 is 13.7 Å². The maximum Gasteiger partial charge on any atom is 0.268 e. The summed E-state index contributed by atoms with van der Waals surface area (Å²) in [7, 11) is 1.25. The number of amides is 1. The summed E-state index contributed by atoms with van der Waals surface area (Å²) in [5.74, 6) is -0.205. The predicted molar refractivity (Wildman–Crippen MR) is 321 cm³/mol. The number of unbranched alkanes of at least 4 members (excludes halogenated alkanes) is 37. The van der Waals surface area contributed by atoms with Crippen LogP contribution in [-0.2, 0) is 18.4 Å². The molecular weight excluding hydrogens is 936 g/mol. The van der Waals surface area contributed by atoms with Crippen molar-refractivity contribution in [1.29, 1.82) is 0 Å². The van der Waals surface area contributed by atoms with Crippen LogP contribution in [0.15, 0.2) is 60.8 Å². The number of rotatable bonds is 58. The van der Waals surface area contributed by atoms with E-state index in [4.69, 9.17) is 9.05 Å². The van der Waals surface area contributed by atoms with Crippen LogP contribution in [0.4, 0.5) is 0 Å². The first-order valence-corrected chi connectivity index (χ1v) is 33.1. The molecule has 3 unspecified atom stereocenters. The van der Waals surface area contributed by atoms with Gasteiger partial charge in [0.2, 0.25) is 5.91 Å². The van der Waals surface area contributed by atoms with E-state index in [1.54, 1.807) is 6.08 Å². The van der Waals surface area contributed by atoms with Gasteiger partial charge >= 0.3 is 0 Å². The molecule has 0 aliphatic carbocycles. The first kappa shape index (κ1) is 72.2. The van der Waals surface area contributed by atoms with Crippen molar-refractivity contribution in [2.45, 2.75) is 309 Å². The largest absolute Gasteiger partial charge is 0.756 e. The van der Waals surface area contributed by atoms with E-state index in [1.807, 2.05) is 27.2 Å². The number of carbonyl (C=O) groups excluding carboxylic acids is 1. The highest BCUT2D eigenvalue weighted by Gasteiger charge is 2.23. The number of allylic oxidation sites excluding steroid dienone is 9. The molecule has 1 amide bonds. The molecule has 8 nitrogen and oxygen atoms in total. The number of nitrogens with one attached hydrogen (secondary N) is 1. The maximum atomic E-state index is 12.9. The number of quaternary nitrogens is 1. The topological polar surface area (TPSA) is 108 Å². The summed E-state index contributed by atoms with van der Waals surface area (Å²) in [6.45, 7) is 4.60. The number of phosphoric acid groups is 1. The summed E-state index contributed by atoms with van der Waals surface area (Å²) >= 11 is 0. The van der Waals surface area contributed by atoms with E-state index in [0.29, 0.717) is 17.4 Å². The molecule has 74 heavy (non-hydrogen) atoms. The van der Waals surface area contributed by atoms with Crippen LogP contribution in [0.1, 0.15) is 296 Å². The molecule has 0 saturated carbocycles. The third kappa shape index (κ3) is 57.9. The second-order valence-corrected chi connectivity index (χ2v) is 24.2. The SMILES string of the molecule is CCCCCCC/C=C\C/C=C\C/C=C\CCCCCCCCCCCCCCCCCCCCCCCCCCCCC(=O)NC(COP(=O)([O-])OCC[N+](C)(C)C)C(O)/C=C/CC/C=C/CCCCCCC. The zero-order chi connectivity index (χ0) is 54.2. The molecule has 0 radical (unpaired) electrons. The van der Waals surface area contributed by atoms with Crippen molar-refractivity contribution in [3.05, 3.63) is 60.8 Å². The van der Waals surface area contributed by atoms with Crippen LogP contribution in [0.3, 0.4) is 0 Å². The van der Waals surface area contributed by atoms with Crippen molar-refractivity contribution in [2.24, 2.45) is 0 Å². The third-order valence-corrected chi connectivity index (χ3v) is 15.2. The Morgan fingerprint density at radius 3 is 1.19 bits per heavy atom. The Hall–Kier alpha value is -1.80. The fourth-order valence-electron chi connectivity index (χ4n) is 9.24.